The first kappa shape index (κ1) is 14.9. The summed E-state index contributed by atoms with van der Waals surface area (Å²) < 4.78 is 4.18. The minimum atomic E-state index is 0.217. The molecule has 8 heteroatoms. The number of rotatable bonds is 3. The van der Waals surface area contributed by atoms with E-state index in [4.69, 9.17) is 0 Å². The molecule has 1 N–H and O–H groups in total. The highest BCUT2D eigenvalue weighted by Gasteiger charge is 2.37. The van der Waals surface area contributed by atoms with Gasteiger partial charge >= 0.3 is 0 Å². The Labute approximate surface area is 150 Å². The Hall–Kier alpha value is -2.45. The number of anilines is 3. The van der Waals surface area contributed by atoms with E-state index in [1.54, 1.807) is 0 Å². The zero-order valence-electron chi connectivity index (χ0n) is 13.8. The van der Waals surface area contributed by atoms with Gasteiger partial charge in [-0.25, -0.2) is 15.4 Å². The zero-order valence-corrected chi connectivity index (χ0v) is 14.6. The molecule has 5 heterocycles. The lowest BCUT2D eigenvalue weighted by molar-refractivity contribution is 0.647. The second kappa shape index (κ2) is 5.82. The van der Waals surface area contributed by atoms with Crippen LogP contribution in [-0.2, 0) is 0 Å². The Kier molecular flexibility index (Phi) is 3.46. The maximum Gasteiger partial charge on any atom is 0.165 e. The van der Waals surface area contributed by atoms with Crippen LogP contribution >= 0.6 is 11.5 Å². The van der Waals surface area contributed by atoms with Crippen LogP contribution in [0.1, 0.15) is 12.8 Å². The van der Waals surface area contributed by atoms with Gasteiger partial charge in [-0.05, 0) is 30.4 Å². The smallest absolute Gasteiger partial charge is 0.165 e. The summed E-state index contributed by atoms with van der Waals surface area (Å²) >= 11 is 1.49. The van der Waals surface area contributed by atoms with E-state index >= 15 is 0 Å². The molecule has 2 saturated heterocycles. The molecular formula is C17H19N7S. The Morgan fingerprint density at radius 2 is 1.96 bits per heavy atom. The van der Waals surface area contributed by atoms with Crippen molar-refractivity contribution >= 4 is 28.2 Å². The van der Waals surface area contributed by atoms with Crippen LogP contribution in [0.15, 0.2) is 48.7 Å². The summed E-state index contributed by atoms with van der Waals surface area (Å²) in [7, 11) is 0. The van der Waals surface area contributed by atoms with Crippen LogP contribution in [-0.4, -0.2) is 40.0 Å². The van der Waals surface area contributed by atoms with E-state index in [1.807, 2.05) is 29.7 Å². The fourth-order valence-corrected chi connectivity index (χ4v) is 4.25. The van der Waals surface area contributed by atoms with Gasteiger partial charge in [-0.3, -0.25) is 5.01 Å². The summed E-state index contributed by atoms with van der Waals surface area (Å²) in [5, 5.41) is 3.08. The Morgan fingerprint density at radius 1 is 1.16 bits per heavy atom. The van der Waals surface area contributed by atoms with Crippen molar-refractivity contribution in [2.75, 3.05) is 34.4 Å². The van der Waals surface area contributed by atoms with Crippen molar-refractivity contribution in [1.29, 1.82) is 0 Å². The van der Waals surface area contributed by atoms with Gasteiger partial charge in [-0.1, -0.05) is 6.58 Å². The van der Waals surface area contributed by atoms with Gasteiger partial charge in [0.25, 0.3) is 0 Å². The molecule has 1 unspecified atom stereocenters. The summed E-state index contributed by atoms with van der Waals surface area (Å²) in [4.78, 5) is 13.7. The van der Waals surface area contributed by atoms with Gasteiger partial charge in [-0.2, -0.15) is 4.37 Å². The fraction of sp³-hybridized carbons (Fsp3) is 0.353. The third kappa shape index (κ3) is 2.49. The van der Waals surface area contributed by atoms with Gasteiger partial charge in [-0.15, -0.1) is 0 Å². The quantitative estimate of drug-likeness (QED) is 0.907. The van der Waals surface area contributed by atoms with Crippen molar-refractivity contribution < 1.29 is 0 Å². The van der Waals surface area contributed by atoms with E-state index in [-0.39, 0.29) is 6.04 Å². The van der Waals surface area contributed by atoms with E-state index in [0.717, 1.165) is 42.0 Å². The average Bonchev–Trinajstić information content (AvgIpc) is 3.42. The van der Waals surface area contributed by atoms with Gasteiger partial charge in [0.2, 0.25) is 0 Å². The predicted octanol–water partition coefficient (Wildman–Crippen LogP) is 2.14. The second-order valence-corrected chi connectivity index (χ2v) is 7.28. The lowest BCUT2D eigenvalue weighted by Gasteiger charge is -2.22. The minimum Gasteiger partial charge on any atom is -0.355 e. The monoisotopic (exact) mass is 353 g/mol. The van der Waals surface area contributed by atoms with Crippen LogP contribution in [0.3, 0.4) is 0 Å². The van der Waals surface area contributed by atoms with Crippen molar-refractivity contribution in [3.05, 3.63) is 48.7 Å². The molecule has 2 aromatic rings. The maximum absolute atomic E-state index is 4.59. The summed E-state index contributed by atoms with van der Waals surface area (Å²) in [6.07, 6.45) is 10.1. The van der Waals surface area contributed by atoms with E-state index in [9.17, 15) is 0 Å². The van der Waals surface area contributed by atoms with Gasteiger partial charge in [0.15, 0.2) is 5.82 Å². The summed E-state index contributed by atoms with van der Waals surface area (Å²) in [5.74, 6) is 1.77. The molecule has 0 aliphatic carbocycles. The molecule has 128 valence electrons. The molecule has 7 nitrogen and oxygen atoms in total. The van der Waals surface area contributed by atoms with E-state index in [1.165, 1.54) is 29.9 Å². The van der Waals surface area contributed by atoms with Crippen molar-refractivity contribution in [2.24, 2.45) is 0 Å². The summed E-state index contributed by atoms with van der Waals surface area (Å²) in [5.41, 5.74) is 5.70. The molecule has 3 aliphatic heterocycles. The van der Waals surface area contributed by atoms with Crippen LogP contribution in [0.25, 0.3) is 0 Å². The van der Waals surface area contributed by atoms with Crippen LogP contribution in [0, 0.1) is 0 Å². The lowest BCUT2D eigenvalue weighted by Crippen LogP contribution is -2.39. The molecular weight excluding hydrogens is 334 g/mol. The topological polar surface area (TPSA) is 60.4 Å². The summed E-state index contributed by atoms with van der Waals surface area (Å²) in [6, 6.07) is 2.24. The van der Waals surface area contributed by atoms with Crippen LogP contribution in [0.5, 0.6) is 0 Å². The van der Waals surface area contributed by atoms with E-state index in [0.29, 0.717) is 0 Å². The molecule has 0 spiro atoms. The van der Waals surface area contributed by atoms with Gasteiger partial charge in [0.05, 0.1) is 18.4 Å². The Morgan fingerprint density at radius 3 is 2.64 bits per heavy atom. The molecule has 0 amide bonds. The number of nitrogens with one attached hydrogen (secondary N) is 1. The molecule has 1 atom stereocenters. The summed E-state index contributed by atoms with van der Waals surface area (Å²) in [6.45, 7) is 7.26. The first-order valence-electron chi connectivity index (χ1n) is 8.51. The Balaban J connectivity index is 1.34. The molecule has 2 aromatic heterocycles. The number of fused-ring (bicyclic) bond motifs is 1. The molecule has 3 aliphatic rings. The van der Waals surface area contributed by atoms with Crippen LogP contribution in [0.4, 0.5) is 16.6 Å². The first-order valence-corrected chi connectivity index (χ1v) is 9.28. The Bertz CT molecular complexity index is 808. The standard InChI is InChI=1S/C17H19N7S/c1-12-13-10-24(21-14(13)11-23(12)17-4-5-20-25-17)16-9-18-15(8-19-16)22-6-2-3-7-22/h4-5,8-10,14,21H,1-3,6-7,11H2. The first-order chi connectivity index (χ1) is 12.3. The number of hydrogen-bond acceptors (Lipinski definition) is 8. The average molecular weight is 353 g/mol. The fourth-order valence-electron chi connectivity index (χ4n) is 3.62. The molecule has 0 bridgehead atoms. The second-order valence-electron chi connectivity index (χ2n) is 6.47. The van der Waals surface area contributed by atoms with E-state index < -0.39 is 0 Å². The third-order valence-electron chi connectivity index (χ3n) is 4.95. The van der Waals surface area contributed by atoms with Gasteiger partial charge in [0, 0.05) is 43.3 Å². The van der Waals surface area contributed by atoms with Crippen molar-refractivity contribution in [3.63, 3.8) is 0 Å². The van der Waals surface area contributed by atoms with Crippen LogP contribution < -0.4 is 20.2 Å². The molecule has 0 saturated carbocycles. The molecule has 0 aromatic carbocycles. The third-order valence-corrected chi connectivity index (χ3v) is 5.73. The molecule has 25 heavy (non-hydrogen) atoms. The maximum atomic E-state index is 4.59. The van der Waals surface area contributed by atoms with Crippen molar-refractivity contribution in [2.45, 2.75) is 18.9 Å². The molecule has 5 rings (SSSR count). The van der Waals surface area contributed by atoms with Gasteiger partial charge < -0.3 is 9.80 Å². The lowest BCUT2D eigenvalue weighted by atomic mass is 10.2. The van der Waals surface area contributed by atoms with Crippen molar-refractivity contribution in [3.8, 4) is 0 Å². The van der Waals surface area contributed by atoms with Gasteiger partial charge in [0.1, 0.15) is 10.8 Å². The normalized spacial score (nSPS) is 22.7. The van der Waals surface area contributed by atoms with Crippen LogP contribution in [0.2, 0.25) is 0 Å². The van der Waals surface area contributed by atoms with E-state index in [2.05, 4.69) is 42.3 Å². The largest absolute Gasteiger partial charge is 0.355 e. The number of hydrogen-bond donors (Lipinski definition) is 1. The highest BCUT2D eigenvalue weighted by Crippen LogP contribution is 2.36. The number of nitrogens with zero attached hydrogens (tertiary/aromatic N) is 6. The molecule has 0 radical (unpaired) electrons. The number of hydrazine groups is 1. The zero-order chi connectivity index (χ0) is 16.8. The highest BCUT2D eigenvalue weighted by atomic mass is 32.1. The predicted molar refractivity (Wildman–Crippen MR) is 99.6 cm³/mol. The molecule has 2 fully saturated rings. The minimum absolute atomic E-state index is 0.217. The number of aromatic nitrogens is 3. The van der Waals surface area contributed by atoms with Crippen molar-refractivity contribution in [1.82, 2.24) is 19.8 Å². The SMILES string of the molecule is C=C1C2=CN(c3cnc(N4CCCC4)cn3)NC2CN1c1ccns1. The highest BCUT2D eigenvalue weighted by molar-refractivity contribution is 7.10.